The van der Waals surface area contributed by atoms with Crippen molar-refractivity contribution in [2.45, 2.75) is 38.6 Å². The molecule has 3 heteroatoms. The molecule has 23 heavy (non-hydrogen) atoms. The summed E-state index contributed by atoms with van der Waals surface area (Å²) in [7, 11) is 0. The van der Waals surface area contributed by atoms with E-state index in [-0.39, 0.29) is 0 Å². The molecular formula is C20H27N3. The number of nitrogens with zero attached hydrogens (tertiary/aromatic N) is 2. The molecule has 4 rings (SSSR count). The lowest BCUT2D eigenvalue weighted by atomic mass is 9.73. The number of fused-ring (bicyclic) bond motifs is 1. The number of nitrogens with one attached hydrogen (secondary N) is 1. The van der Waals surface area contributed by atoms with Crippen LogP contribution in [0.3, 0.4) is 0 Å². The fourth-order valence-electron chi connectivity index (χ4n) is 4.46. The topological polar surface area (TPSA) is 28.2 Å². The fraction of sp³-hybridized carbons (Fsp3) is 0.550. The molecule has 0 atom stereocenters. The van der Waals surface area contributed by atoms with Gasteiger partial charge in [-0.05, 0) is 81.4 Å². The Balaban J connectivity index is 1.48. The molecule has 2 saturated heterocycles. The average Bonchev–Trinajstić information content (AvgIpc) is 2.79. The zero-order chi connectivity index (χ0) is 15.5. The third kappa shape index (κ3) is 3.26. The quantitative estimate of drug-likeness (QED) is 0.919. The van der Waals surface area contributed by atoms with Crippen LogP contribution < -0.4 is 5.32 Å². The van der Waals surface area contributed by atoms with E-state index >= 15 is 0 Å². The highest BCUT2D eigenvalue weighted by Crippen LogP contribution is 2.39. The minimum absolute atomic E-state index is 0.625. The van der Waals surface area contributed by atoms with Crippen molar-refractivity contribution in [1.82, 2.24) is 15.2 Å². The summed E-state index contributed by atoms with van der Waals surface area (Å²) in [5.41, 5.74) is 3.17. The zero-order valence-electron chi connectivity index (χ0n) is 13.9. The molecule has 0 unspecified atom stereocenters. The molecule has 1 aromatic heterocycles. The summed E-state index contributed by atoms with van der Waals surface area (Å²) >= 11 is 0. The molecule has 0 bridgehead atoms. The fourth-order valence-corrected chi connectivity index (χ4v) is 4.46. The van der Waals surface area contributed by atoms with E-state index in [2.05, 4.69) is 45.5 Å². The van der Waals surface area contributed by atoms with Crippen molar-refractivity contribution in [3.63, 3.8) is 0 Å². The van der Waals surface area contributed by atoms with Gasteiger partial charge in [0.1, 0.15) is 0 Å². The largest absolute Gasteiger partial charge is 0.317 e. The number of para-hydroxylation sites is 1. The molecule has 0 radical (unpaired) electrons. The molecule has 2 aliphatic rings. The average molecular weight is 309 g/mol. The first-order valence-corrected chi connectivity index (χ1v) is 9.10. The van der Waals surface area contributed by atoms with Crippen molar-refractivity contribution in [1.29, 1.82) is 0 Å². The van der Waals surface area contributed by atoms with Gasteiger partial charge < -0.3 is 5.32 Å². The molecule has 1 spiro atoms. The summed E-state index contributed by atoms with van der Waals surface area (Å²) in [6, 6.07) is 10.7. The molecule has 3 heterocycles. The van der Waals surface area contributed by atoms with Crippen molar-refractivity contribution in [2.24, 2.45) is 5.41 Å². The van der Waals surface area contributed by atoms with Gasteiger partial charge in [0.25, 0.3) is 0 Å². The molecule has 1 aromatic carbocycles. The SMILES string of the molecule is c1ccc2c(CN3CCCC4(CCNCC4)CC3)ccnc2c1. The van der Waals surface area contributed by atoms with Crippen molar-refractivity contribution < 1.29 is 0 Å². The second-order valence-corrected chi connectivity index (χ2v) is 7.37. The van der Waals surface area contributed by atoms with Crippen molar-refractivity contribution >= 4 is 10.9 Å². The maximum absolute atomic E-state index is 4.50. The van der Waals surface area contributed by atoms with E-state index in [1.54, 1.807) is 0 Å². The lowest BCUT2D eigenvalue weighted by Gasteiger charge is -2.37. The molecule has 0 aliphatic carbocycles. The van der Waals surface area contributed by atoms with Crippen molar-refractivity contribution in [3.05, 3.63) is 42.1 Å². The minimum atomic E-state index is 0.625. The van der Waals surface area contributed by atoms with Crippen LogP contribution in [-0.4, -0.2) is 36.1 Å². The van der Waals surface area contributed by atoms with Gasteiger partial charge in [-0.25, -0.2) is 0 Å². The first-order chi connectivity index (χ1) is 11.3. The second kappa shape index (κ2) is 6.58. The third-order valence-electron chi connectivity index (χ3n) is 5.94. The van der Waals surface area contributed by atoms with E-state index in [1.165, 1.54) is 69.2 Å². The van der Waals surface area contributed by atoms with Gasteiger partial charge in [-0.3, -0.25) is 9.88 Å². The predicted molar refractivity (Wildman–Crippen MR) is 95.4 cm³/mol. The van der Waals surface area contributed by atoms with Crippen LogP contribution >= 0.6 is 0 Å². The number of piperidine rings is 1. The molecule has 0 amide bonds. The highest BCUT2D eigenvalue weighted by atomic mass is 15.1. The second-order valence-electron chi connectivity index (χ2n) is 7.37. The van der Waals surface area contributed by atoms with Crippen LogP contribution in [-0.2, 0) is 6.54 Å². The Labute approximate surface area is 139 Å². The number of pyridine rings is 1. The molecule has 1 N–H and O–H groups in total. The van der Waals surface area contributed by atoms with Crippen molar-refractivity contribution in [3.8, 4) is 0 Å². The number of hydrogen-bond acceptors (Lipinski definition) is 3. The van der Waals surface area contributed by atoms with Gasteiger partial charge >= 0.3 is 0 Å². The number of benzene rings is 1. The van der Waals surface area contributed by atoms with Crippen LogP contribution in [0.5, 0.6) is 0 Å². The Morgan fingerprint density at radius 2 is 1.87 bits per heavy atom. The Hall–Kier alpha value is -1.45. The molecule has 2 aromatic rings. The summed E-state index contributed by atoms with van der Waals surface area (Å²) in [5, 5.41) is 4.84. The molecule has 122 valence electrons. The van der Waals surface area contributed by atoms with Crippen LogP contribution in [0.1, 0.15) is 37.7 Å². The van der Waals surface area contributed by atoms with E-state index in [0.29, 0.717) is 5.41 Å². The maximum Gasteiger partial charge on any atom is 0.0705 e. The smallest absolute Gasteiger partial charge is 0.0705 e. The Kier molecular flexibility index (Phi) is 4.32. The van der Waals surface area contributed by atoms with Crippen molar-refractivity contribution in [2.75, 3.05) is 26.2 Å². The summed E-state index contributed by atoms with van der Waals surface area (Å²) in [6.07, 6.45) is 8.85. The van der Waals surface area contributed by atoms with E-state index < -0.39 is 0 Å². The molecule has 3 nitrogen and oxygen atoms in total. The van der Waals surface area contributed by atoms with Gasteiger partial charge in [0.05, 0.1) is 5.52 Å². The highest BCUT2D eigenvalue weighted by Gasteiger charge is 2.33. The van der Waals surface area contributed by atoms with Gasteiger partial charge in [0.2, 0.25) is 0 Å². The molecule has 2 aliphatic heterocycles. The normalized spacial score (nSPS) is 22.3. The van der Waals surface area contributed by atoms with Gasteiger partial charge in [-0.15, -0.1) is 0 Å². The van der Waals surface area contributed by atoms with Crippen LogP contribution in [0.2, 0.25) is 0 Å². The molecular weight excluding hydrogens is 282 g/mol. The molecule has 2 fully saturated rings. The number of hydrogen-bond donors (Lipinski definition) is 1. The predicted octanol–water partition coefficient (Wildman–Crippen LogP) is 3.59. The van der Waals surface area contributed by atoms with E-state index in [9.17, 15) is 0 Å². The van der Waals surface area contributed by atoms with Crippen LogP contribution in [0.25, 0.3) is 10.9 Å². The zero-order valence-corrected chi connectivity index (χ0v) is 13.9. The van der Waals surface area contributed by atoms with Crippen LogP contribution in [0.4, 0.5) is 0 Å². The summed E-state index contributed by atoms with van der Waals surface area (Å²) < 4.78 is 0. The van der Waals surface area contributed by atoms with Gasteiger partial charge in [-0.2, -0.15) is 0 Å². The first kappa shape index (κ1) is 15.1. The Morgan fingerprint density at radius 1 is 1.00 bits per heavy atom. The Bertz CT molecular complexity index is 655. The van der Waals surface area contributed by atoms with Gasteiger partial charge in [0.15, 0.2) is 0 Å². The summed E-state index contributed by atoms with van der Waals surface area (Å²) in [5.74, 6) is 0. The lowest BCUT2D eigenvalue weighted by molar-refractivity contribution is 0.167. The highest BCUT2D eigenvalue weighted by molar-refractivity contribution is 5.81. The van der Waals surface area contributed by atoms with Gasteiger partial charge in [-0.1, -0.05) is 18.2 Å². The minimum Gasteiger partial charge on any atom is -0.317 e. The number of rotatable bonds is 2. The summed E-state index contributed by atoms with van der Waals surface area (Å²) in [4.78, 5) is 7.16. The summed E-state index contributed by atoms with van der Waals surface area (Å²) in [6.45, 7) is 5.99. The monoisotopic (exact) mass is 309 g/mol. The standard InChI is InChI=1S/C20H27N3/c1-2-5-19-18(4-1)17(6-11-22-19)16-23-14-3-7-20(10-15-23)8-12-21-13-9-20/h1-2,4-6,11,21H,3,7-10,12-16H2. The lowest BCUT2D eigenvalue weighted by Crippen LogP contribution is -2.37. The first-order valence-electron chi connectivity index (χ1n) is 9.10. The van der Waals surface area contributed by atoms with Crippen LogP contribution in [0, 0.1) is 5.41 Å². The van der Waals surface area contributed by atoms with E-state index in [1.807, 2.05) is 6.20 Å². The Morgan fingerprint density at radius 3 is 2.78 bits per heavy atom. The van der Waals surface area contributed by atoms with Gasteiger partial charge in [0, 0.05) is 18.1 Å². The number of aromatic nitrogens is 1. The van der Waals surface area contributed by atoms with Crippen LogP contribution in [0.15, 0.2) is 36.5 Å². The molecule has 0 saturated carbocycles. The van der Waals surface area contributed by atoms with E-state index in [0.717, 1.165) is 12.1 Å². The van der Waals surface area contributed by atoms with E-state index in [4.69, 9.17) is 0 Å². The number of likely N-dealkylation sites (tertiary alicyclic amines) is 1. The third-order valence-corrected chi connectivity index (χ3v) is 5.94. The maximum atomic E-state index is 4.50.